The normalized spacial score (nSPS) is 18.9. The van der Waals surface area contributed by atoms with Gasteiger partial charge in [0.2, 0.25) is 0 Å². The Kier molecular flexibility index (Phi) is 3.45. The van der Waals surface area contributed by atoms with Gasteiger partial charge in [0.05, 0.1) is 14.6 Å². The summed E-state index contributed by atoms with van der Waals surface area (Å²) in [6.45, 7) is 2.24. The average Bonchev–Trinajstić information content (AvgIpc) is 2.67. The fraction of sp³-hybridized carbons (Fsp3) is 0.500. The van der Waals surface area contributed by atoms with E-state index in [4.69, 9.17) is 12.2 Å². The minimum atomic E-state index is -0.171. The van der Waals surface area contributed by atoms with Gasteiger partial charge in [0, 0.05) is 11.6 Å². The van der Waals surface area contributed by atoms with Gasteiger partial charge in [-0.25, -0.2) is 4.39 Å². The van der Waals surface area contributed by atoms with Gasteiger partial charge in [-0.1, -0.05) is 19.3 Å². The number of hydrogen-bond acceptors (Lipinski definition) is 1. The lowest BCUT2D eigenvalue weighted by molar-refractivity contribution is 0.222. The van der Waals surface area contributed by atoms with Crippen molar-refractivity contribution in [2.75, 3.05) is 0 Å². The van der Waals surface area contributed by atoms with Gasteiger partial charge >= 0.3 is 0 Å². The predicted molar refractivity (Wildman–Crippen MR) is 86.5 cm³/mol. The van der Waals surface area contributed by atoms with Crippen LogP contribution in [0.3, 0.4) is 0 Å². The van der Waals surface area contributed by atoms with Gasteiger partial charge in [0.15, 0.2) is 4.77 Å². The van der Waals surface area contributed by atoms with Crippen LogP contribution in [0.2, 0.25) is 0 Å². The summed E-state index contributed by atoms with van der Waals surface area (Å²) in [7, 11) is 0. The number of rotatable bonds is 1. The molecule has 0 radical (unpaired) electrons. The maximum Gasteiger partial charge on any atom is 0.178 e. The molecule has 1 aromatic carbocycles. The van der Waals surface area contributed by atoms with Crippen LogP contribution in [0.1, 0.15) is 39.0 Å². The summed E-state index contributed by atoms with van der Waals surface area (Å²) < 4.78 is 17.3. The first-order chi connectivity index (χ1) is 9.01. The third-order valence-corrected chi connectivity index (χ3v) is 5.31. The molecule has 2 aromatic rings. The van der Waals surface area contributed by atoms with Gasteiger partial charge in [0.1, 0.15) is 5.82 Å². The fourth-order valence-corrected chi connectivity index (χ4v) is 4.07. The quantitative estimate of drug-likeness (QED) is 0.530. The molecule has 3 rings (SSSR count). The summed E-state index contributed by atoms with van der Waals surface area (Å²) in [6.07, 6.45) is 5.96. The zero-order chi connectivity index (χ0) is 13.6. The lowest BCUT2D eigenvalue weighted by Gasteiger charge is -2.35. The van der Waals surface area contributed by atoms with Crippen LogP contribution in [0.25, 0.3) is 11.0 Å². The maximum atomic E-state index is 13.9. The van der Waals surface area contributed by atoms with Crippen molar-refractivity contribution in [1.29, 1.82) is 0 Å². The summed E-state index contributed by atoms with van der Waals surface area (Å²) in [6, 6.07) is 3.45. The molecule has 1 aliphatic carbocycles. The first kappa shape index (κ1) is 13.5. The summed E-state index contributed by atoms with van der Waals surface area (Å²) >= 11 is 7.49. The van der Waals surface area contributed by atoms with Crippen molar-refractivity contribution in [1.82, 2.24) is 9.55 Å². The van der Waals surface area contributed by atoms with Gasteiger partial charge in [-0.15, -0.1) is 0 Å². The van der Waals surface area contributed by atoms with Crippen LogP contribution in [0.15, 0.2) is 12.1 Å². The molecule has 0 unspecified atom stereocenters. The summed E-state index contributed by atoms with van der Waals surface area (Å²) in [5.74, 6) is -0.171. The van der Waals surface area contributed by atoms with E-state index < -0.39 is 0 Å². The van der Waals surface area contributed by atoms with E-state index in [2.05, 4.69) is 16.5 Å². The van der Waals surface area contributed by atoms with Gasteiger partial charge < -0.3 is 9.55 Å². The Morgan fingerprint density at radius 1 is 1.32 bits per heavy atom. The molecule has 0 saturated heterocycles. The van der Waals surface area contributed by atoms with Gasteiger partial charge in [-0.05, 0) is 60.6 Å². The summed E-state index contributed by atoms with van der Waals surface area (Å²) in [5, 5.41) is 0. The molecule has 1 fully saturated rings. The molecular formula is C14H16FIN2S. The molecule has 0 atom stereocenters. The topological polar surface area (TPSA) is 20.7 Å². The molecule has 1 aliphatic rings. The Hall–Kier alpha value is -0.430. The van der Waals surface area contributed by atoms with Gasteiger partial charge in [-0.3, -0.25) is 0 Å². The number of nitrogens with zero attached hydrogens (tertiary/aromatic N) is 1. The largest absolute Gasteiger partial charge is 0.331 e. The molecule has 0 bridgehead atoms. The van der Waals surface area contributed by atoms with Crippen molar-refractivity contribution < 1.29 is 4.39 Å². The van der Waals surface area contributed by atoms with Gasteiger partial charge in [0.25, 0.3) is 0 Å². The third kappa shape index (κ3) is 2.24. The number of halogens is 2. The zero-order valence-corrected chi connectivity index (χ0v) is 13.8. The second-order valence-electron chi connectivity index (χ2n) is 5.61. The molecule has 0 amide bonds. The van der Waals surface area contributed by atoms with E-state index in [1.54, 1.807) is 6.07 Å². The average molecular weight is 390 g/mol. The highest BCUT2D eigenvalue weighted by Gasteiger charge is 2.30. The molecule has 2 nitrogen and oxygen atoms in total. The van der Waals surface area contributed by atoms with Crippen LogP contribution in [0, 0.1) is 14.2 Å². The second kappa shape index (κ2) is 4.84. The highest BCUT2D eigenvalue weighted by Crippen LogP contribution is 2.37. The van der Waals surface area contributed by atoms with E-state index in [0.29, 0.717) is 8.34 Å². The van der Waals surface area contributed by atoms with Crippen LogP contribution >= 0.6 is 34.8 Å². The number of nitrogens with one attached hydrogen (secondary N) is 1. The number of imidazole rings is 1. The van der Waals surface area contributed by atoms with Crippen LogP contribution in [0.5, 0.6) is 0 Å². The Labute approximate surface area is 130 Å². The fourth-order valence-electron chi connectivity index (χ4n) is 3.17. The van der Waals surface area contributed by atoms with Crippen LogP contribution < -0.4 is 0 Å². The molecule has 19 heavy (non-hydrogen) atoms. The van der Waals surface area contributed by atoms with E-state index in [0.717, 1.165) is 23.9 Å². The van der Waals surface area contributed by atoms with Crippen LogP contribution in [-0.2, 0) is 5.54 Å². The Morgan fingerprint density at radius 3 is 2.68 bits per heavy atom. The van der Waals surface area contributed by atoms with Crippen LogP contribution in [0.4, 0.5) is 4.39 Å². The van der Waals surface area contributed by atoms with E-state index in [1.165, 1.54) is 19.3 Å². The first-order valence-electron chi connectivity index (χ1n) is 6.61. The van der Waals surface area contributed by atoms with Crippen molar-refractivity contribution in [2.24, 2.45) is 0 Å². The highest BCUT2D eigenvalue weighted by atomic mass is 127. The third-order valence-electron chi connectivity index (χ3n) is 4.19. The Balaban J connectivity index is 2.25. The number of hydrogen-bond donors (Lipinski definition) is 1. The number of H-pyrrole nitrogens is 1. The molecule has 1 N–H and O–H groups in total. The first-order valence-corrected chi connectivity index (χ1v) is 8.10. The molecule has 102 valence electrons. The molecule has 0 spiro atoms. The molecule has 1 heterocycles. The van der Waals surface area contributed by atoms with E-state index in [1.807, 2.05) is 28.7 Å². The molecule has 1 saturated carbocycles. The van der Waals surface area contributed by atoms with E-state index >= 15 is 0 Å². The van der Waals surface area contributed by atoms with Crippen molar-refractivity contribution in [3.8, 4) is 0 Å². The number of benzene rings is 1. The summed E-state index contributed by atoms with van der Waals surface area (Å²) in [4.78, 5) is 3.22. The van der Waals surface area contributed by atoms with E-state index in [-0.39, 0.29) is 11.4 Å². The highest BCUT2D eigenvalue weighted by molar-refractivity contribution is 14.1. The van der Waals surface area contributed by atoms with Crippen molar-refractivity contribution in [2.45, 2.75) is 44.6 Å². The Morgan fingerprint density at radius 2 is 2.00 bits per heavy atom. The number of aromatic amines is 1. The SMILES string of the molecule is CC1(n2c(=S)[nH]c3cc(I)c(F)cc32)CCCCC1. The lowest BCUT2D eigenvalue weighted by atomic mass is 9.83. The summed E-state index contributed by atoms with van der Waals surface area (Å²) in [5.41, 5.74) is 1.85. The number of fused-ring (bicyclic) bond motifs is 1. The Bertz CT molecular complexity index is 683. The second-order valence-corrected chi connectivity index (χ2v) is 7.16. The molecular weight excluding hydrogens is 374 g/mol. The predicted octanol–water partition coefficient (Wildman–Crippen LogP) is 5.12. The minimum Gasteiger partial charge on any atom is -0.331 e. The van der Waals surface area contributed by atoms with Crippen LogP contribution in [-0.4, -0.2) is 9.55 Å². The lowest BCUT2D eigenvalue weighted by Crippen LogP contribution is -2.32. The monoisotopic (exact) mass is 390 g/mol. The van der Waals surface area contributed by atoms with Crippen molar-refractivity contribution in [3.63, 3.8) is 0 Å². The van der Waals surface area contributed by atoms with E-state index in [9.17, 15) is 4.39 Å². The molecule has 0 aliphatic heterocycles. The molecule has 1 aromatic heterocycles. The standard InChI is InChI=1S/C14H16FIN2S/c1-14(5-3-2-4-6-14)18-12-7-9(15)10(16)8-11(12)17-13(18)19/h7-8H,2-6H2,1H3,(H,17,19). The van der Waals surface area contributed by atoms with Crippen molar-refractivity contribution in [3.05, 3.63) is 26.3 Å². The number of aromatic nitrogens is 2. The zero-order valence-electron chi connectivity index (χ0n) is 10.8. The maximum absolute atomic E-state index is 13.9. The van der Waals surface area contributed by atoms with Crippen molar-refractivity contribution >= 4 is 45.8 Å². The minimum absolute atomic E-state index is 0.0206. The molecule has 5 heteroatoms. The van der Waals surface area contributed by atoms with Gasteiger partial charge in [-0.2, -0.15) is 0 Å². The smallest absolute Gasteiger partial charge is 0.178 e.